The van der Waals surface area contributed by atoms with Crippen molar-refractivity contribution in [2.24, 2.45) is 0 Å². The number of Topliss-reactive ketones (excluding diaryl/α,β-unsaturated/α-hetero) is 1. The largest absolute Gasteiger partial charge is 0.398 e. The topological polar surface area (TPSA) is 43.1 Å². The number of hydrogen-bond donors (Lipinski definition) is 1. The van der Waals surface area contributed by atoms with E-state index in [9.17, 15) is 4.79 Å². The predicted octanol–water partition coefficient (Wildman–Crippen LogP) is 2.00. The summed E-state index contributed by atoms with van der Waals surface area (Å²) < 4.78 is 0. The molecular weight excluding hydrogens is 174 g/mol. The third kappa shape index (κ3) is 1.77. The smallest absolute Gasteiger partial charge is 0.179 e. The quantitative estimate of drug-likeness (QED) is 0.433. The van der Waals surface area contributed by atoms with Gasteiger partial charge in [-0.05, 0) is 19.1 Å². The summed E-state index contributed by atoms with van der Waals surface area (Å²) in [4.78, 5) is 11.2. The molecule has 3 heteroatoms. The third-order valence-corrected chi connectivity index (χ3v) is 1.87. The average Bonchev–Trinajstić information content (AvgIpc) is 2.08. The number of carbonyl (C=O) groups is 1. The summed E-state index contributed by atoms with van der Waals surface area (Å²) in [6, 6.07) is 5.33. The van der Waals surface area contributed by atoms with Gasteiger partial charge in [0.05, 0.1) is 5.88 Å². The molecule has 0 atom stereocenters. The molecule has 1 aromatic rings. The first-order valence-electron chi connectivity index (χ1n) is 3.60. The maximum absolute atomic E-state index is 11.2. The van der Waals surface area contributed by atoms with Gasteiger partial charge < -0.3 is 5.73 Å². The molecule has 0 aliphatic rings. The fourth-order valence-corrected chi connectivity index (χ4v) is 1.13. The van der Waals surface area contributed by atoms with E-state index in [1.54, 1.807) is 12.1 Å². The van der Waals surface area contributed by atoms with Crippen molar-refractivity contribution in [1.82, 2.24) is 0 Å². The number of nitrogen functional groups attached to an aromatic ring is 1. The number of benzene rings is 1. The molecule has 0 radical (unpaired) electrons. The molecule has 0 spiro atoms. The summed E-state index contributed by atoms with van der Waals surface area (Å²) in [5, 5.41) is 0. The first kappa shape index (κ1) is 9.07. The number of halogens is 1. The molecule has 2 nitrogen and oxygen atoms in total. The Bertz CT molecular complexity index is 309. The number of anilines is 1. The summed E-state index contributed by atoms with van der Waals surface area (Å²) >= 11 is 5.41. The number of alkyl halides is 1. The lowest BCUT2D eigenvalue weighted by Gasteiger charge is -2.02. The highest BCUT2D eigenvalue weighted by Gasteiger charge is 2.07. The Kier molecular flexibility index (Phi) is 2.71. The molecule has 12 heavy (non-hydrogen) atoms. The minimum Gasteiger partial charge on any atom is -0.398 e. The van der Waals surface area contributed by atoms with E-state index in [0.29, 0.717) is 11.3 Å². The third-order valence-electron chi connectivity index (χ3n) is 1.63. The Morgan fingerprint density at radius 3 is 2.83 bits per heavy atom. The zero-order chi connectivity index (χ0) is 9.14. The van der Waals surface area contributed by atoms with Crippen molar-refractivity contribution in [1.29, 1.82) is 0 Å². The van der Waals surface area contributed by atoms with Gasteiger partial charge in [-0.25, -0.2) is 0 Å². The molecule has 0 amide bonds. The van der Waals surface area contributed by atoms with Crippen LogP contribution in [0.3, 0.4) is 0 Å². The second kappa shape index (κ2) is 3.59. The first-order chi connectivity index (χ1) is 5.65. The second-order valence-electron chi connectivity index (χ2n) is 2.65. The SMILES string of the molecule is Cc1ccc(N)c(C(=O)CCl)c1. The van der Waals surface area contributed by atoms with E-state index in [1.807, 2.05) is 13.0 Å². The fraction of sp³-hybridized carbons (Fsp3) is 0.222. The molecule has 0 fully saturated rings. The molecule has 0 unspecified atom stereocenters. The van der Waals surface area contributed by atoms with Gasteiger partial charge in [0.2, 0.25) is 0 Å². The summed E-state index contributed by atoms with van der Waals surface area (Å²) in [6.07, 6.45) is 0. The van der Waals surface area contributed by atoms with E-state index < -0.39 is 0 Å². The molecule has 64 valence electrons. The van der Waals surface area contributed by atoms with Crippen molar-refractivity contribution in [3.05, 3.63) is 29.3 Å². The molecule has 0 aliphatic heterocycles. The van der Waals surface area contributed by atoms with Crippen LogP contribution in [-0.4, -0.2) is 11.7 Å². The van der Waals surface area contributed by atoms with E-state index in [2.05, 4.69) is 0 Å². The summed E-state index contributed by atoms with van der Waals surface area (Å²) in [5.41, 5.74) is 7.61. The lowest BCUT2D eigenvalue weighted by Crippen LogP contribution is -2.04. The molecule has 1 aromatic carbocycles. The molecule has 0 aromatic heterocycles. The minimum absolute atomic E-state index is 0.0202. The molecule has 2 N–H and O–H groups in total. The maximum atomic E-state index is 11.2. The second-order valence-corrected chi connectivity index (χ2v) is 2.91. The van der Waals surface area contributed by atoms with E-state index in [-0.39, 0.29) is 11.7 Å². The first-order valence-corrected chi connectivity index (χ1v) is 4.14. The molecule has 0 heterocycles. The van der Waals surface area contributed by atoms with Gasteiger partial charge in [0.1, 0.15) is 0 Å². The zero-order valence-corrected chi connectivity index (χ0v) is 7.56. The lowest BCUT2D eigenvalue weighted by molar-refractivity contribution is 0.102. The van der Waals surface area contributed by atoms with Crippen LogP contribution in [0.25, 0.3) is 0 Å². The van der Waals surface area contributed by atoms with E-state index in [4.69, 9.17) is 17.3 Å². The summed E-state index contributed by atoms with van der Waals surface area (Å²) in [7, 11) is 0. The summed E-state index contributed by atoms with van der Waals surface area (Å²) in [6.45, 7) is 1.91. The van der Waals surface area contributed by atoms with Crippen LogP contribution in [0, 0.1) is 6.92 Å². The standard InChI is InChI=1S/C9H10ClNO/c1-6-2-3-8(11)7(4-6)9(12)5-10/h2-4H,5,11H2,1H3. The maximum Gasteiger partial charge on any atom is 0.179 e. The number of rotatable bonds is 2. The van der Waals surface area contributed by atoms with Crippen LogP contribution >= 0.6 is 11.6 Å². The van der Waals surface area contributed by atoms with Crippen LogP contribution in [0.1, 0.15) is 15.9 Å². The Morgan fingerprint density at radius 2 is 2.25 bits per heavy atom. The van der Waals surface area contributed by atoms with Crippen molar-refractivity contribution >= 4 is 23.1 Å². The van der Waals surface area contributed by atoms with Gasteiger partial charge in [0.25, 0.3) is 0 Å². The highest BCUT2D eigenvalue weighted by atomic mass is 35.5. The van der Waals surface area contributed by atoms with E-state index >= 15 is 0 Å². The van der Waals surface area contributed by atoms with Gasteiger partial charge in [-0.2, -0.15) is 0 Å². The van der Waals surface area contributed by atoms with Gasteiger partial charge >= 0.3 is 0 Å². The highest BCUT2D eigenvalue weighted by Crippen LogP contribution is 2.14. The Morgan fingerprint density at radius 1 is 1.58 bits per heavy atom. The lowest BCUT2D eigenvalue weighted by atomic mass is 10.1. The van der Waals surface area contributed by atoms with Gasteiger partial charge in [-0.15, -0.1) is 11.6 Å². The number of ketones is 1. The molecule has 0 bridgehead atoms. The number of carbonyl (C=O) groups excluding carboxylic acids is 1. The van der Waals surface area contributed by atoms with Gasteiger partial charge in [-0.1, -0.05) is 11.6 Å². The van der Waals surface area contributed by atoms with Crippen LogP contribution in [0.5, 0.6) is 0 Å². The molecule has 0 saturated heterocycles. The van der Waals surface area contributed by atoms with Gasteiger partial charge in [-0.3, -0.25) is 4.79 Å². The van der Waals surface area contributed by atoms with Crippen LogP contribution in [0.2, 0.25) is 0 Å². The van der Waals surface area contributed by atoms with Crippen LogP contribution in [0.4, 0.5) is 5.69 Å². The molecule has 0 saturated carbocycles. The van der Waals surface area contributed by atoms with Crippen molar-refractivity contribution in [3.8, 4) is 0 Å². The van der Waals surface area contributed by atoms with Crippen LogP contribution in [0.15, 0.2) is 18.2 Å². The summed E-state index contributed by atoms with van der Waals surface area (Å²) in [5.74, 6) is -0.147. The highest BCUT2D eigenvalue weighted by molar-refractivity contribution is 6.31. The van der Waals surface area contributed by atoms with Gasteiger partial charge in [0.15, 0.2) is 5.78 Å². The average molecular weight is 184 g/mol. The number of aryl methyl sites for hydroxylation is 1. The predicted molar refractivity (Wildman–Crippen MR) is 50.6 cm³/mol. The van der Waals surface area contributed by atoms with E-state index in [1.165, 1.54) is 0 Å². The van der Waals surface area contributed by atoms with Crippen molar-refractivity contribution in [2.45, 2.75) is 6.92 Å². The fourth-order valence-electron chi connectivity index (χ4n) is 0.984. The van der Waals surface area contributed by atoms with Gasteiger partial charge in [0, 0.05) is 11.3 Å². The van der Waals surface area contributed by atoms with Crippen LogP contribution < -0.4 is 5.73 Å². The van der Waals surface area contributed by atoms with Crippen molar-refractivity contribution in [3.63, 3.8) is 0 Å². The Hall–Kier alpha value is -1.02. The number of nitrogens with two attached hydrogens (primary N) is 1. The normalized spacial score (nSPS) is 9.83. The van der Waals surface area contributed by atoms with Crippen LogP contribution in [-0.2, 0) is 0 Å². The minimum atomic E-state index is -0.127. The molecule has 1 rings (SSSR count). The molecule has 0 aliphatic carbocycles. The number of hydrogen-bond acceptors (Lipinski definition) is 2. The van der Waals surface area contributed by atoms with Crippen molar-refractivity contribution in [2.75, 3.05) is 11.6 Å². The zero-order valence-electron chi connectivity index (χ0n) is 6.80. The van der Waals surface area contributed by atoms with E-state index in [0.717, 1.165) is 5.56 Å². The van der Waals surface area contributed by atoms with Crippen molar-refractivity contribution < 1.29 is 4.79 Å². The Labute approximate surface area is 76.3 Å². The monoisotopic (exact) mass is 183 g/mol. The molecular formula is C9H10ClNO. The Balaban J connectivity index is 3.13.